The van der Waals surface area contributed by atoms with Crippen LogP contribution in [0.2, 0.25) is 0 Å². The van der Waals surface area contributed by atoms with Crippen LogP contribution in [0.1, 0.15) is 48.2 Å². The average molecular weight is 436 g/mol. The molecule has 1 aliphatic carbocycles. The molecule has 2 amide bonds. The molecule has 8 heteroatoms. The molecule has 3 rings (SSSR count). The Bertz CT molecular complexity index is 848. The monoisotopic (exact) mass is 435 g/mol. The van der Waals surface area contributed by atoms with E-state index < -0.39 is 0 Å². The lowest BCUT2D eigenvalue weighted by Crippen LogP contribution is -2.41. The van der Waals surface area contributed by atoms with Gasteiger partial charge in [-0.15, -0.1) is 11.3 Å². The number of aromatic nitrogens is 1. The van der Waals surface area contributed by atoms with E-state index in [4.69, 9.17) is 5.73 Å². The first kappa shape index (κ1) is 21.8. The van der Waals surface area contributed by atoms with E-state index in [-0.39, 0.29) is 30.1 Å². The maximum absolute atomic E-state index is 13.2. The molecule has 2 aromatic rings. The SMILES string of the molecule is Cc1nc(SCC(=O)N(Cc2ccc(F)cc2)C2CCCCC2)sc1CC(N)=O. The van der Waals surface area contributed by atoms with Crippen molar-refractivity contribution in [3.63, 3.8) is 0 Å². The van der Waals surface area contributed by atoms with Crippen molar-refractivity contribution in [2.45, 2.75) is 62.4 Å². The van der Waals surface area contributed by atoms with E-state index in [0.29, 0.717) is 12.3 Å². The molecule has 0 spiro atoms. The summed E-state index contributed by atoms with van der Waals surface area (Å²) in [4.78, 5) is 31.5. The second kappa shape index (κ2) is 10.2. The summed E-state index contributed by atoms with van der Waals surface area (Å²) in [6, 6.07) is 6.58. The normalized spacial score (nSPS) is 14.7. The molecule has 2 N–H and O–H groups in total. The number of nitrogens with two attached hydrogens (primary N) is 1. The minimum atomic E-state index is -0.382. The standard InChI is InChI=1S/C21H26FN3O2S2/c1-14-18(11-19(23)26)29-21(24-14)28-13-20(27)25(17-5-3-2-4-6-17)12-15-7-9-16(22)10-8-15/h7-10,17H,2-6,11-13H2,1H3,(H2,23,26). The number of hydrogen-bond acceptors (Lipinski definition) is 5. The van der Waals surface area contributed by atoms with Crippen LogP contribution < -0.4 is 5.73 Å². The largest absolute Gasteiger partial charge is 0.369 e. The predicted molar refractivity (Wildman–Crippen MR) is 114 cm³/mol. The van der Waals surface area contributed by atoms with Crippen LogP contribution in [-0.2, 0) is 22.6 Å². The van der Waals surface area contributed by atoms with Crippen molar-refractivity contribution < 1.29 is 14.0 Å². The fourth-order valence-electron chi connectivity index (χ4n) is 3.59. The first-order valence-corrected chi connectivity index (χ1v) is 11.6. The van der Waals surface area contributed by atoms with Gasteiger partial charge in [-0.2, -0.15) is 0 Å². The number of aryl methyl sites for hydroxylation is 1. The molecule has 0 aliphatic heterocycles. The third-order valence-corrected chi connectivity index (χ3v) is 7.41. The van der Waals surface area contributed by atoms with Crippen LogP contribution >= 0.6 is 23.1 Å². The minimum absolute atomic E-state index is 0.0653. The van der Waals surface area contributed by atoms with E-state index in [0.717, 1.165) is 46.2 Å². The number of rotatable bonds is 8. The quantitative estimate of drug-likeness (QED) is 0.634. The minimum Gasteiger partial charge on any atom is -0.369 e. The number of thioether (sulfide) groups is 1. The molecule has 1 aromatic heterocycles. The Balaban J connectivity index is 1.67. The van der Waals surface area contributed by atoms with Crippen LogP contribution in [0, 0.1) is 12.7 Å². The van der Waals surface area contributed by atoms with Crippen molar-refractivity contribution in [2.24, 2.45) is 5.73 Å². The first-order chi connectivity index (χ1) is 13.9. The van der Waals surface area contributed by atoms with Crippen molar-refractivity contribution in [1.29, 1.82) is 0 Å². The number of nitrogens with zero attached hydrogens (tertiary/aromatic N) is 2. The lowest BCUT2D eigenvalue weighted by Gasteiger charge is -2.34. The third kappa shape index (κ3) is 6.27. The molecule has 1 saturated carbocycles. The van der Waals surface area contributed by atoms with E-state index in [1.54, 1.807) is 12.1 Å². The van der Waals surface area contributed by atoms with Gasteiger partial charge in [0.1, 0.15) is 5.82 Å². The molecule has 0 radical (unpaired) electrons. The number of carbonyl (C=O) groups excluding carboxylic acids is 2. The molecule has 1 aromatic carbocycles. The van der Waals surface area contributed by atoms with Gasteiger partial charge in [-0.25, -0.2) is 9.37 Å². The van der Waals surface area contributed by atoms with Gasteiger partial charge in [-0.3, -0.25) is 9.59 Å². The fourth-order valence-corrected chi connectivity index (χ4v) is 5.72. The van der Waals surface area contributed by atoms with E-state index in [9.17, 15) is 14.0 Å². The van der Waals surface area contributed by atoms with Gasteiger partial charge in [0.05, 0.1) is 17.9 Å². The van der Waals surface area contributed by atoms with E-state index in [2.05, 4.69) is 4.98 Å². The highest BCUT2D eigenvalue weighted by molar-refractivity contribution is 8.01. The summed E-state index contributed by atoms with van der Waals surface area (Å²) in [7, 11) is 0. The van der Waals surface area contributed by atoms with Gasteiger partial charge in [-0.05, 0) is 37.5 Å². The van der Waals surface area contributed by atoms with Crippen molar-refractivity contribution in [3.8, 4) is 0 Å². The van der Waals surface area contributed by atoms with Crippen LogP contribution in [0.25, 0.3) is 0 Å². The second-order valence-electron chi connectivity index (χ2n) is 7.36. The van der Waals surface area contributed by atoms with Crippen LogP contribution in [0.15, 0.2) is 28.6 Å². The number of halogens is 1. The number of hydrogen-bond donors (Lipinski definition) is 1. The van der Waals surface area contributed by atoms with E-state index >= 15 is 0 Å². The Hall–Kier alpha value is -1.93. The molecule has 0 unspecified atom stereocenters. The van der Waals surface area contributed by atoms with Crippen molar-refractivity contribution in [1.82, 2.24) is 9.88 Å². The average Bonchev–Trinajstić information content (AvgIpc) is 3.05. The Morgan fingerprint density at radius 1 is 1.24 bits per heavy atom. The van der Waals surface area contributed by atoms with Crippen LogP contribution in [0.4, 0.5) is 4.39 Å². The molecule has 29 heavy (non-hydrogen) atoms. The van der Waals surface area contributed by atoms with Crippen LogP contribution in [0.5, 0.6) is 0 Å². The zero-order chi connectivity index (χ0) is 20.8. The third-order valence-electron chi connectivity index (χ3n) is 5.13. The summed E-state index contributed by atoms with van der Waals surface area (Å²) in [5.41, 5.74) is 7.00. The summed E-state index contributed by atoms with van der Waals surface area (Å²) in [5, 5.41) is 0. The summed E-state index contributed by atoms with van der Waals surface area (Å²) < 4.78 is 14.0. The van der Waals surface area contributed by atoms with E-state index in [1.807, 2.05) is 11.8 Å². The lowest BCUT2D eigenvalue weighted by atomic mass is 9.94. The van der Waals surface area contributed by atoms with Gasteiger partial charge in [0.25, 0.3) is 0 Å². The van der Waals surface area contributed by atoms with Crippen molar-refractivity contribution >= 4 is 34.9 Å². The maximum Gasteiger partial charge on any atom is 0.233 e. The van der Waals surface area contributed by atoms with Gasteiger partial charge in [-0.1, -0.05) is 43.2 Å². The number of primary amides is 1. The molecule has 1 fully saturated rings. The molecule has 1 aliphatic rings. The van der Waals surface area contributed by atoms with Gasteiger partial charge in [0, 0.05) is 17.5 Å². The number of amides is 2. The van der Waals surface area contributed by atoms with Crippen LogP contribution in [-0.4, -0.2) is 33.5 Å². The Labute approximate surface area is 178 Å². The van der Waals surface area contributed by atoms with Crippen molar-refractivity contribution in [2.75, 3.05) is 5.75 Å². The second-order valence-corrected chi connectivity index (χ2v) is 9.67. The molecule has 0 atom stereocenters. The fraction of sp³-hybridized carbons (Fsp3) is 0.476. The number of thiazole rings is 1. The molecular weight excluding hydrogens is 409 g/mol. The maximum atomic E-state index is 13.2. The zero-order valence-electron chi connectivity index (χ0n) is 16.5. The van der Waals surface area contributed by atoms with Crippen LogP contribution in [0.3, 0.4) is 0 Å². The van der Waals surface area contributed by atoms with Gasteiger partial charge in [0.2, 0.25) is 11.8 Å². The summed E-state index contributed by atoms with van der Waals surface area (Å²) in [5.74, 6) is -0.297. The Morgan fingerprint density at radius 2 is 1.93 bits per heavy atom. The highest BCUT2D eigenvalue weighted by Crippen LogP contribution is 2.29. The molecule has 0 bridgehead atoms. The highest BCUT2D eigenvalue weighted by Gasteiger charge is 2.26. The van der Waals surface area contributed by atoms with Gasteiger partial charge < -0.3 is 10.6 Å². The Kier molecular flexibility index (Phi) is 7.66. The number of carbonyl (C=O) groups is 2. The molecule has 5 nitrogen and oxygen atoms in total. The van der Waals surface area contributed by atoms with Gasteiger partial charge in [0.15, 0.2) is 4.34 Å². The summed E-state index contributed by atoms with van der Waals surface area (Å²) in [6.07, 6.45) is 5.68. The first-order valence-electron chi connectivity index (χ1n) is 9.83. The Morgan fingerprint density at radius 3 is 2.59 bits per heavy atom. The predicted octanol–water partition coefficient (Wildman–Crippen LogP) is 4.07. The topological polar surface area (TPSA) is 76.3 Å². The van der Waals surface area contributed by atoms with E-state index in [1.165, 1.54) is 41.7 Å². The molecule has 0 saturated heterocycles. The smallest absolute Gasteiger partial charge is 0.233 e. The summed E-state index contributed by atoms with van der Waals surface area (Å²) >= 11 is 2.82. The molecule has 1 heterocycles. The number of benzene rings is 1. The lowest BCUT2D eigenvalue weighted by molar-refractivity contribution is -0.132. The summed E-state index contributed by atoms with van der Waals surface area (Å²) in [6.45, 7) is 2.34. The van der Waals surface area contributed by atoms with Gasteiger partial charge >= 0.3 is 0 Å². The highest BCUT2D eigenvalue weighted by atomic mass is 32.2. The molecular formula is C21H26FN3O2S2. The molecule has 156 valence electrons. The zero-order valence-corrected chi connectivity index (χ0v) is 18.2. The van der Waals surface area contributed by atoms with Crippen molar-refractivity contribution in [3.05, 3.63) is 46.2 Å².